The van der Waals surface area contributed by atoms with Crippen LogP contribution in [0.3, 0.4) is 0 Å². The number of nitrogens with zero attached hydrogens (tertiary/aromatic N) is 1. The Morgan fingerprint density at radius 1 is 0.303 bits per heavy atom. The predicted molar refractivity (Wildman–Crippen MR) is 384 cm³/mol. The van der Waals surface area contributed by atoms with E-state index >= 15 is 0 Å². The number of likely N-dealkylation sites (N-methyl/N-ethyl adjacent to an activating group) is 1. The number of esters is 2. The van der Waals surface area contributed by atoms with Crippen LogP contribution in [-0.4, -0.2) is 70.0 Å². The Morgan fingerprint density at radius 2 is 0.506 bits per heavy atom. The molecule has 10 heteroatoms. The molecule has 0 aromatic rings. The van der Waals surface area contributed by atoms with Gasteiger partial charge >= 0.3 is 11.9 Å². The van der Waals surface area contributed by atoms with Crippen molar-refractivity contribution in [2.75, 3.05) is 47.5 Å². The van der Waals surface area contributed by atoms with Crippen molar-refractivity contribution in [1.82, 2.24) is 0 Å². The van der Waals surface area contributed by atoms with Gasteiger partial charge in [-0.1, -0.05) is 418 Å². The van der Waals surface area contributed by atoms with Gasteiger partial charge in [0.2, 0.25) is 0 Å². The minimum Gasteiger partial charge on any atom is -0.756 e. The van der Waals surface area contributed by atoms with E-state index in [1.54, 1.807) is 0 Å². The fourth-order valence-electron chi connectivity index (χ4n) is 12.7. The Hall–Kier alpha value is -0.990. The SMILES string of the molecule is CCCCCCCCCCCCCCCCCCCCCCCCCCCCCCCCCCCCCCCC(=O)OC(COC(=O)CCCCCCCCCCCCCCCCCCCCCCCCCCCCCC)COP(=O)([O-])OCC[N+](C)(C)C. The zero-order valence-corrected chi connectivity index (χ0v) is 61.8. The maximum absolute atomic E-state index is 12.9. The third kappa shape index (κ3) is 75.9. The van der Waals surface area contributed by atoms with Crippen LogP contribution in [0.2, 0.25) is 0 Å². The summed E-state index contributed by atoms with van der Waals surface area (Å²) in [4.78, 5) is 38.2. The number of carbonyl (C=O) groups is 2. The molecule has 0 aromatic heterocycles. The predicted octanol–water partition coefficient (Wildman–Crippen LogP) is 25.8. The summed E-state index contributed by atoms with van der Waals surface area (Å²) in [5, 5.41) is 0. The second-order valence-corrected chi connectivity index (χ2v) is 30.6. The molecule has 0 saturated heterocycles. The molecule has 0 fully saturated rings. The first-order chi connectivity index (χ1) is 43.5. The van der Waals surface area contributed by atoms with Crippen molar-refractivity contribution in [3.05, 3.63) is 0 Å². The van der Waals surface area contributed by atoms with Crippen molar-refractivity contribution >= 4 is 19.8 Å². The molecule has 0 amide bonds. The molecule has 0 bridgehead atoms. The molecule has 0 spiro atoms. The van der Waals surface area contributed by atoms with E-state index in [0.717, 1.165) is 32.1 Å². The van der Waals surface area contributed by atoms with Crippen LogP contribution in [0.5, 0.6) is 0 Å². The van der Waals surface area contributed by atoms with Gasteiger partial charge in [-0.3, -0.25) is 14.2 Å². The second kappa shape index (κ2) is 71.3. The Kier molecular flexibility index (Phi) is 70.5. The van der Waals surface area contributed by atoms with Crippen LogP contribution in [-0.2, 0) is 32.7 Å². The first-order valence-corrected chi connectivity index (χ1v) is 41.7. The molecular formula is C79H158NO8P. The fourth-order valence-corrected chi connectivity index (χ4v) is 13.5. The topological polar surface area (TPSA) is 111 Å². The molecule has 0 saturated carbocycles. The molecule has 0 aromatic carbocycles. The first kappa shape index (κ1) is 88.0. The number of hydrogen-bond donors (Lipinski definition) is 0. The lowest BCUT2D eigenvalue weighted by Crippen LogP contribution is -2.37. The van der Waals surface area contributed by atoms with Gasteiger partial charge in [0.1, 0.15) is 19.8 Å². The van der Waals surface area contributed by atoms with Crippen LogP contribution in [0, 0.1) is 0 Å². The Bertz CT molecular complexity index is 1460. The Balaban J connectivity index is 3.87. The van der Waals surface area contributed by atoms with E-state index < -0.39 is 26.5 Å². The molecule has 0 aliphatic carbocycles. The molecule has 9 nitrogen and oxygen atoms in total. The van der Waals surface area contributed by atoms with Crippen molar-refractivity contribution in [3.63, 3.8) is 0 Å². The summed E-state index contributed by atoms with van der Waals surface area (Å²) in [7, 11) is 1.20. The van der Waals surface area contributed by atoms with Gasteiger partial charge in [-0.25, -0.2) is 0 Å². The average molecular weight is 1280 g/mol. The summed E-state index contributed by atoms with van der Waals surface area (Å²) in [6, 6.07) is 0. The summed E-state index contributed by atoms with van der Waals surface area (Å²) < 4.78 is 34.4. The molecule has 0 N–H and O–H groups in total. The highest BCUT2D eigenvalue weighted by Crippen LogP contribution is 2.38. The van der Waals surface area contributed by atoms with Gasteiger partial charge in [-0.2, -0.15) is 0 Å². The van der Waals surface area contributed by atoms with Crippen molar-refractivity contribution in [3.8, 4) is 0 Å². The molecule has 0 radical (unpaired) electrons. The van der Waals surface area contributed by atoms with Crippen LogP contribution >= 0.6 is 7.82 Å². The highest BCUT2D eigenvalue weighted by molar-refractivity contribution is 7.45. The number of carbonyl (C=O) groups excluding carboxylic acids is 2. The standard InChI is InChI=1S/C79H158NO8P/c1-6-8-10-12-14-16-18-20-22-24-26-28-30-32-34-36-37-38-39-40-41-42-43-44-46-48-50-52-54-56-58-60-62-64-66-68-70-72-79(82)88-77(76-87-89(83,84)86-74-73-80(3,4)5)75-85-78(81)71-69-67-65-63-61-59-57-55-53-51-49-47-45-35-33-31-29-27-25-23-21-19-17-15-13-11-9-7-2/h77H,6-76H2,1-5H3. The average Bonchev–Trinajstić information content (AvgIpc) is 3.60. The van der Waals surface area contributed by atoms with Crippen LogP contribution in [0.4, 0.5) is 0 Å². The number of phosphoric acid groups is 1. The number of hydrogen-bond acceptors (Lipinski definition) is 8. The lowest BCUT2D eigenvalue weighted by Gasteiger charge is -2.28. The van der Waals surface area contributed by atoms with E-state index in [2.05, 4.69) is 13.8 Å². The maximum atomic E-state index is 12.9. The smallest absolute Gasteiger partial charge is 0.306 e. The second-order valence-electron chi connectivity index (χ2n) is 29.2. The first-order valence-electron chi connectivity index (χ1n) is 40.2. The normalized spacial score (nSPS) is 12.9. The van der Waals surface area contributed by atoms with Gasteiger partial charge in [0.05, 0.1) is 27.7 Å². The Labute approximate surface area is 556 Å². The molecular weight excluding hydrogens is 1120 g/mol. The van der Waals surface area contributed by atoms with E-state index in [4.69, 9.17) is 18.5 Å². The largest absolute Gasteiger partial charge is 0.756 e. The van der Waals surface area contributed by atoms with Gasteiger partial charge in [0, 0.05) is 12.8 Å². The molecule has 0 rings (SSSR count). The highest BCUT2D eigenvalue weighted by atomic mass is 31.2. The van der Waals surface area contributed by atoms with Gasteiger partial charge in [-0.15, -0.1) is 0 Å². The lowest BCUT2D eigenvalue weighted by atomic mass is 10.0. The molecule has 0 aliphatic rings. The molecule has 0 heterocycles. The summed E-state index contributed by atoms with van der Waals surface area (Å²) in [5.41, 5.74) is 0. The number of ether oxygens (including phenoxy) is 2. The van der Waals surface area contributed by atoms with Crippen molar-refractivity contribution in [1.29, 1.82) is 0 Å². The summed E-state index contributed by atoms with van der Waals surface area (Å²) in [5.74, 6) is -0.800. The number of unbranched alkanes of at least 4 members (excludes halogenated alkanes) is 63. The quantitative estimate of drug-likeness (QED) is 0.0256. The maximum Gasteiger partial charge on any atom is 0.306 e. The van der Waals surface area contributed by atoms with Crippen LogP contribution in [0.15, 0.2) is 0 Å². The van der Waals surface area contributed by atoms with E-state index in [1.807, 2.05) is 21.1 Å². The summed E-state index contributed by atoms with van der Waals surface area (Å²) >= 11 is 0. The number of rotatable bonds is 77. The van der Waals surface area contributed by atoms with Crippen molar-refractivity contribution in [2.45, 2.75) is 450 Å². The molecule has 89 heavy (non-hydrogen) atoms. The highest BCUT2D eigenvalue weighted by Gasteiger charge is 2.22. The van der Waals surface area contributed by atoms with Gasteiger partial charge in [0.25, 0.3) is 7.82 Å². The van der Waals surface area contributed by atoms with Crippen molar-refractivity contribution in [2.24, 2.45) is 0 Å². The third-order valence-corrected chi connectivity index (χ3v) is 19.8. The van der Waals surface area contributed by atoms with E-state index in [0.29, 0.717) is 17.4 Å². The number of quaternary nitrogens is 1. The van der Waals surface area contributed by atoms with E-state index in [9.17, 15) is 19.0 Å². The fraction of sp³-hybridized carbons (Fsp3) is 0.975. The molecule has 532 valence electrons. The van der Waals surface area contributed by atoms with E-state index in [1.165, 1.54) is 379 Å². The minimum atomic E-state index is -4.64. The molecule has 2 unspecified atom stereocenters. The van der Waals surface area contributed by atoms with Crippen LogP contribution in [0.25, 0.3) is 0 Å². The van der Waals surface area contributed by atoms with Crippen LogP contribution in [0.1, 0.15) is 444 Å². The minimum absolute atomic E-state index is 0.0246. The number of phosphoric ester groups is 1. The van der Waals surface area contributed by atoms with Crippen LogP contribution < -0.4 is 4.89 Å². The zero-order chi connectivity index (χ0) is 64.8. The molecule has 2 atom stereocenters. The van der Waals surface area contributed by atoms with E-state index in [-0.39, 0.29) is 32.0 Å². The summed E-state index contributed by atoms with van der Waals surface area (Å²) in [6.45, 7) is 4.35. The van der Waals surface area contributed by atoms with Gasteiger partial charge in [-0.05, 0) is 12.8 Å². The zero-order valence-electron chi connectivity index (χ0n) is 60.9. The monoisotopic (exact) mass is 1280 g/mol. The Morgan fingerprint density at radius 3 is 0.719 bits per heavy atom. The lowest BCUT2D eigenvalue weighted by molar-refractivity contribution is -0.870. The summed E-state index contributed by atoms with van der Waals surface area (Å²) in [6.07, 6.45) is 88.1. The molecule has 0 aliphatic heterocycles. The van der Waals surface area contributed by atoms with Gasteiger partial charge in [0.15, 0.2) is 6.10 Å². The van der Waals surface area contributed by atoms with Gasteiger partial charge < -0.3 is 27.9 Å². The third-order valence-electron chi connectivity index (χ3n) is 18.9. The van der Waals surface area contributed by atoms with Crippen molar-refractivity contribution < 1.29 is 42.1 Å².